The zero-order valence-corrected chi connectivity index (χ0v) is 20.7. The summed E-state index contributed by atoms with van der Waals surface area (Å²) in [7, 11) is 0. The van der Waals surface area contributed by atoms with Crippen molar-refractivity contribution >= 4 is 17.4 Å². The number of nitrogens with zero attached hydrogens (tertiary/aromatic N) is 2. The van der Waals surface area contributed by atoms with E-state index in [0.29, 0.717) is 23.5 Å². The maximum atomic E-state index is 13.2. The first-order valence-electron chi connectivity index (χ1n) is 12.2. The molecule has 2 heterocycles. The molecule has 38 heavy (non-hydrogen) atoms. The monoisotopic (exact) mass is 506 g/mol. The predicted molar refractivity (Wildman–Crippen MR) is 142 cm³/mol. The van der Waals surface area contributed by atoms with Gasteiger partial charge in [0.25, 0.3) is 11.7 Å². The highest BCUT2D eigenvalue weighted by atomic mass is 16.5. The molecule has 4 aromatic rings. The minimum atomic E-state index is -0.889. The summed E-state index contributed by atoms with van der Waals surface area (Å²) in [6.45, 7) is 2.52. The van der Waals surface area contributed by atoms with Crippen LogP contribution in [0.2, 0.25) is 0 Å². The normalized spacial score (nSPS) is 16.6. The molecule has 3 aromatic carbocycles. The number of amides is 1. The molecule has 0 radical (unpaired) electrons. The Hall–Kier alpha value is -4.91. The first-order chi connectivity index (χ1) is 18.4. The van der Waals surface area contributed by atoms with Crippen LogP contribution >= 0.6 is 0 Å². The van der Waals surface area contributed by atoms with Gasteiger partial charge < -0.3 is 19.8 Å². The molecule has 0 bridgehead atoms. The number of aromatic nitrogens is 1. The zero-order valence-electron chi connectivity index (χ0n) is 20.7. The molecule has 1 aliphatic heterocycles. The van der Waals surface area contributed by atoms with Gasteiger partial charge in [0.15, 0.2) is 0 Å². The Balaban J connectivity index is 1.47. The summed E-state index contributed by atoms with van der Waals surface area (Å²) in [5.74, 6) is -1.23. The fourth-order valence-electron chi connectivity index (χ4n) is 4.61. The number of rotatable bonds is 7. The highest BCUT2D eigenvalue weighted by Gasteiger charge is 2.46. The summed E-state index contributed by atoms with van der Waals surface area (Å²) in [6, 6.07) is 23.7. The Labute approximate surface area is 220 Å². The van der Waals surface area contributed by atoms with Gasteiger partial charge >= 0.3 is 0 Å². The maximum Gasteiger partial charge on any atom is 0.295 e. The lowest BCUT2D eigenvalue weighted by Crippen LogP contribution is -2.29. The van der Waals surface area contributed by atoms with Crippen LogP contribution in [0.25, 0.3) is 5.76 Å². The Morgan fingerprint density at radius 1 is 0.947 bits per heavy atom. The number of benzene rings is 3. The van der Waals surface area contributed by atoms with Crippen LogP contribution in [0.5, 0.6) is 11.5 Å². The molecule has 5 rings (SSSR count). The van der Waals surface area contributed by atoms with Crippen molar-refractivity contribution in [2.45, 2.75) is 26.1 Å². The molecule has 0 aliphatic carbocycles. The summed E-state index contributed by atoms with van der Waals surface area (Å²) in [5, 5.41) is 21.4. The fourth-order valence-corrected chi connectivity index (χ4v) is 4.61. The lowest BCUT2D eigenvalue weighted by atomic mass is 9.95. The molecular formula is C31H26N2O5. The Kier molecular flexibility index (Phi) is 6.91. The Bertz CT molecular complexity index is 1510. The van der Waals surface area contributed by atoms with Gasteiger partial charge in [0.1, 0.15) is 23.9 Å². The van der Waals surface area contributed by atoms with E-state index in [1.807, 2.05) is 31.2 Å². The number of aromatic hydroxyl groups is 1. The average molecular weight is 507 g/mol. The van der Waals surface area contributed by atoms with E-state index in [1.165, 1.54) is 17.0 Å². The topological polar surface area (TPSA) is 100.0 Å². The van der Waals surface area contributed by atoms with Gasteiger partial charge in [-0.25, -0.2) is 0 Å². The van der Waals surface area contributed by atoms with Gasteiger partial charge in [-0.3, -0.25) is 14.6 Å². The van der Waals surface area contributed by atoms with Crippen molar-refractivity contribution in [3.63, 3.8) is 0 Å². The Morgan fingerprint density at radius 3 is 2.42 bits per heavy atom. The van der Waals surface area contributed by atoms with Crippen LogP contribution in [0.1, 0.15) is 33.9 Å². The number of hydrogen-bond acceptors (Lipinski definition) is 6. The van der Waals surface area contributed by atoms with Crippen LogP contribution in [0.15, 0.2) is 103 Å². The number of Topliss-reactive ketones (excluding diaryl/α,β-unsaturated/α-hetero) is 1. The van der Waals surface area contributed by atoms with E-state index in [2.05, 4.69) is 4.98 Å². The average Bonchev–Trinajstić information content (AvgIpc) is 3.17. The number of phenols is 1. The van der Waals surface area contributed by atoms with Crippen LogP contribution in [0, 0.1) is 6.92 Å². The summed E-state index contributed by atoms with van der Waals surface area (Å²) in [6.07, 6.45) is 3.24. The van der Waals surface area contributed by atoms with Gasteiger partial charge in [-0.05, 0) is 66.1 Å². The van der Waals surface area contributed by atoms with Crippen molar-refractivity contribution < 1.29 is 24.5 Å². The van der Waals surface area contributed by atoms with Crippen LogP contribution in [0.3, 0.4) is 0 Å². The van der Waals surface area contributed by atoms with Crippen LogP contribution in [-0.4, -0.2) is 31.8 Å². The van der Waals surface area contributed by atoms with E-state index in [-0.39, 0.29) is 23.6 Å². The molecule has 7 heteroatoms. The minimum absolute atomic E-state index is 0.00965. The molecule has 7 nitrogen and oxygen atoms in total. The van der Waals surface area contributed by atoms with Gasteiger partial charge in [-0.1, -0.05) is 48.0 Å². The van der Waals surface area contributed by atoms with E-state index < -0.39 is 17.7 Å². The third-order valence-corrected chi connectivity index (χ3v) is 6.42. The molecule has 1 atom stereocenters. The molecule has 1 aromatic heterocycles. The van der Waals surface area contributed by atoms with Crippen molar-refractivity contribution in [2.24, 2.45) is 0 Å². The molecule has 0 spiro atoms. The quantitative estimate of drug-likeness (QED) is 0.201. The number of likely N-dealkylation sites (tertiary alicyclic amines) is 1. The second-order valence-corrected chi connectivity index (χ2v) is 9.19. The standard InChI is InChI=1S/C31H26N2O5/c1-20-5-2-6-21(15-20)19-38-26-12-10-23(11-13-26)29(35)27-28(24-8-3-9-25(34)16-24)33(31(37)30(27)36)18-22-7-4-14-32-17-22/h2-17,28,34-35H,18-19H2,1H3/t28-/m1/s1. The first kappa shape index (κ1) is 24.8. The van der Waals surface area contributed by atoms with Gasteiger partial charge in [0.2, 0.25) is 0 Å². The summed E-state index contributed by atoms with van der Waals surface area (Å²) in [4.78, 5) is 31.9. The number of hydrogen-bond donors (Lipinski definition) is 2. The molecule has 190 valence electrons. The molecule has 2 N–H and O–H groups in total. The third kappa shape index (κ3) is 5.13. The molecular weight excluding hydrogens is 480 g/mol. The number of aryl methyl sites for hydroxylation is 1. The molecule has 0 unspecified atom stereocenters. The van der Waals surface area contributed by atoms with Crippen molar-refractivity contribution in [2.75, 3.05) is 0 Å². The number of ketones is 1. The van der Waals surface area contributed by atoms with E-state index >= 15 is 0 Å². The van der Waals surface area contributed by atoms with Crippen LogP contribution < -0.4 is 4.74 Å². The highest BCUT2D eigenvalue weighted by molar-refractivity contribution is 6.46. The molecule has 1 fully saturated rings. The van der Waals surface area contributed by atoms with Crippen LogP contribution in [0.4, 0.5) is 0 Å². The van der Waals surface area contributed by atoms with Crippen LogP contribution in [-0.2, 0) is 22.7 Å². The third-order valence-electron chi connectivity index (χ3n) is 6.42. The second kappa shape index (κ2) is 10.6. The zero-order chi connectivity index (χ0) is 26.6. The van der Waals surface area contributed by atoms with Crippen molar-refractivity contribution in [1.82, 2.24) is 9.88 Å². The van der Waals surface area contributed by atoms with Gasteiger partial charge in [-0.15, -0.1) is 0 Å². The number of aliphatic hydroxyl groups excluding tert-OH is 1. The summed E-state index contributed by atoms with van der Waals surface area (Å²) in [5.41, 5.74) is 3.75. The van der Waals surface area contributed by atoms with Gasteiger partial charge in [-0.2, -0.15) is 0 Å². The van der Waals surface area contributed by atoms with E-state index in [0.717, 1.165) is 16.7 Å². The molecule has 1 amide bonds. The lowest BCUT2D eigenvalue weighted by Gasteiger charge is -2.25. The summed E-state index contributed by atoms with van der Waals surface area (Å²) < 4.78 is 5.87. The van der Waals surface area contributed by atoms with Crippen molar-refractivity contribution in [3.05, 3.63) is 131 Å². The van der Waals surface area contributed by atoms with E-state index in [9.17, 15) is 19.8 Å². The fraction of sp³-hybridized carbons (Fsp3) is 0.129. The number of carbonyl (C=O) groups excluding carboxylic acids is 2. The van der Waals surface area contributed by atoms with Crippen molar-refractivity contribution in [3.8, 4) is 11.5 Å². The molecule has 0 saturated carbocycles. The highest BCUT2D eigenvalue weighted by Crippen LogP contribution is 2.41. The van der Waals surface area contributed by atoms with Gasteiger partial charge in [0.05, 0.1) is 11.6 Å². The molecule has 1 saturated heterocycles. The van der Waals surface area contributed by atoms with E-state index in [4.69, 9.17) is 4.74 Å². The largest absolute Gasteiger partial charge is 0.508 e. The lowest BCUT2D eigenvalue weighted by molar-refractivity contribution is -0.140. The van der Waals surface area contributed by atoms with E-state index in [1.54, 1.807) is 60.9 Å². The van der Waals surface area contributed by atoms with Crippen molar-refractivity contribution in [1.29, 1.82) is 0 Å². The second-order valence-electron chi connectivity index (χ2n) is 9.19. The predicted octanol–water partition coefficient (Wildman–Crippen LogP) is 5.30. The number of aliphatic hydroxyl groups is 1. The summed E-state index contributed by atoms with van der Waals surface area (Å²) >= 11 is 0. The number of pyridine rings is 1. The maximum absolute atomic E-state index is 13.2. The number of ether oxygens (including phenoxy) is 1. The minimum Gasteiger partial charge on any atom is -0.508 e. The van der Waals surface area contributed by atoms with Gasteiger partial charge in [0, 0.05) is 24.5 Å². The first-order valence-corrected chi connectivity index (χ1v) is 12.2. The number of phenolic OH excluding ortho intramolecular Hbond substituents is 1. The SMILES string of the molecule is Cc1cccc(COc2ccc(C(O)=C3C(=O)C(=O)N(Cc4cccnc4)[C@@H]3c3cccc(O)c3)cc2)c1. The smallest absolute Gasteiger partial charge is 0.295 e. The Morgan fingerprint density at radius 2 is 1.71 bits per heavy atom. The molecule has 1 aliphatic rings. The number of carbonyl (C=O) groups is 2.